The maximum absolute atomic E-state index is 13.0. The number of carbonyl (C=O) groups is 1. The predicted molar refractivity (Wildman–Crippen MR) is 55.9 cm³/mol. The molecule has 2 rings (SSSR count). The molecule has 1 saturated carbocycles. The van der Waals surface area contributed by atoms with Crippen LogP contribution in [0.25, 0.3) is 0 Å². The van der Waals surface area contributed by atoms with Crippen molar-refractivity contribution in [3.8, 4) is 0 Å². The summed E-state index contributed by atoms with van der Waals surface area (Å²) in [5, 5.41) is 2.62. The van der Waals surface area contributed by atoms with Crippen molar-refractivity contribution in [2.45, 2.75) is 25.3 Å². The van der Waals surface area contributed by atoms with Gasteiger partial charge in [-0.15, -0.1) is 0 Å². The Labute approximate surface area is 87.5 Å². The average molecular weight is 208 g/mol. The van der Waals surface area contributed by atoms with Crippen LogP contribution in [-0.4, -0.2) is 11.4 Å². The summed E-state index contributed by atoms with van der Waals surface area (Å²) in [4.78, 5) is 11.6. The third kappa shape index (κ3) is 2.15. The van der Waals surface area contributed by atoms with Gasteiger partial charge in [0.25, 0.3) is 0 Å². The van der Waals surface area contributed by atoms with Gasteiger partial charge in [-0.1, -0.05) is 0 Å². The van der Waals surface area contributed by atoms with Gasteiger partial charge >= 0.3 is 0 Å². The third-order valence-corrected chi connectivity index (χ3v) is 2.54. The van der Waals surface area contributed by atoms with Crippen LogP contribution in [0.15, 0.2) is 18.2 Å². The summed E-state index contributed by atoms with van der Waals surface area (Å²) in [5.74, 6) is -0.584. The van der Waals surface area contributed by atoms with Crippen LogP contribution in [0, 0.1) is 12.7 Å². The fourth-order valence-corrected chi connectivity index (χ4v) is 1.43. The average Bonchev–Trinajstić information content (AvgIpc) is 2.83. The number of amides is 1. The van der Waals surface area contributed by atoms with E-state index in [0.717, 1.165) is 5.56 Å². The van der Waals surface area contributed by atoms with Crippen LogP contribution < -0.4 is 11.1 Å². The fraction of sp³-hybridized carbons (Fsp3) is 0.364. The van der Waals surface area contributed by atoms with Crippen molar-refractivity contribution in [3.63, 3.8) is 0 Å². The molecule has 0 radical (unpaired) electrons. The monoisotopic (exact) mass is 208 g/mol. The van der Waals surface area contributed by atoms with Gasteiger partial charge in [-0.25, -0.2) is 4.39 Å². The van der Waals surface area contributed by atoms with E-state index in [9.17, 15) is 9.18 Å². The Morgan fingerprint density at radius 1 is 1.47 bits per heavy atom. The van der Waals surface area contributed by atoms with E-state index in [1.807, 2.05) is 0 Å². The molecule has 80 valence electrons. The van der Waals surface area contributed by atoms with E-state index in [-0.39, 0.29) is 11.7 Å². The number of hydrogen-bond donors (Lipinski definition) is 2. The van der Waals surface area contributed by atoms with E-state index in [1.54, 1.807) is 13.0 Å². The molecule has 0 saturated heterocycles. The summed E-state index contributed by atoms with van der Waals surface area (Å²) in [6, 6.07) is 4.41. The maximum Gasteiger partial charge on any atom is 0.244 e. The quantitative estimate of drug-likeness (QED) is 0.775. The normalized spacial score (nSPS) is 17.3. The van der Waals surface area contributed by atoms with Crippen molar-refractivity contribution in [2.24, 2.45) is 5.73 Å². The summed E-state index contributed by atoms with van der Waals surface area (Å²) in [6.45, 7) is 1.77. The van der Waals surface area contributed by atoms with Crippen molar-refractivity contribution in [2.75, 3.05) is 5.32 Å². The van der Waals surface area contributed by atoms with Crippen molar-refractivity contribution >= 4 is 11.6 Å². The number of benzene rings is 1. The summed E-state index contributed by atoms with van der Waals surface area (Å²) in [7, 11) is 0. The lowest BCUT2D eigenvalue weighted by Gasteiger charge is -2.10. The number of carbonyl (C=O) groups excluding carboxylic acids is 1. The minimum absolute atomic E-state index is 0.229. The molecule has 1 aromatic carbocycles. The molecule has 3 N–H and O–H groups in total. The van der Waals surface area contributed by atoms with Gasteiger partial charge in [-0.3, -0.25) is 4.79 Å². The summed E-state index contributed by atoms with van der Waals surface area (Å²) >= 11 is 0. The first-order valence-electron chi connectivity index (χ1n) is 4.87. The van der Waals surface area contributed by atoms with Crippen LogP contribution in [0.5, 0.6) is 0 Å². The van der Waals surface area contributed by atoms with Gasteiger partial charge < -0.3 is 11.1 Å². The van der Waals surface area contributed by atoms with Crippen LogP contribution in [0.3, 0.4) is 0 Å². The standard InChI is InChI=1S/C11H13FN2O/c1-7-4-8(12)6-9(5-7)14-10(15)11(13)2-3-11/h4-6H,2-3,13H2,1H3,(H,14,15). The second-order valence-corrected chi connectivity index (χ2v) is 4.13. The summed E-state index contributed by atoms with van der Waals surface area (Å²) < 4.78 is 13.0. The number of hydrogen-bond acceptors (Lipinski definition) is 2. The Morgan fingerprint density at radius 2 is 2.13 bits per heavy atom. The van der Waals surface area contributed by atoms with Gasteiger partial charge in [0.2, 0.25) is 5.91 Å². The molecule has 1 aliphatic rings. The third-order valence-electron chi connectivity index (χ3n) is 2.54. The zero-order valence-corrected chi connectivity index (χ0v) is 8.51. The minimum Gasteiger partial charge on any atom is -0.324 e. The lowest BCUT2D eigenvalue weighted by Crippen LogP contribution is -2.37. The molecule has 0 unspecified atom stereocenters. The van der Waals surface area contributed by atoms with Crippen LogP contribution in [0.2, 0.25) is 0 Å². The molecule has 3 nitrogen and oxygen atoms in total. The van der Waals surface area contributed by atoms with E-state index in [4.69, 9.17) is 5.73 Å². The fourth-order valence-electron chi connectivity index (χ4n) is 1.43. The first kappa shape index (κ1) is 10.1. The molecule has 1 amide bonds. The van der Waals surface area contributed by atoms with Gasteiger partial charge in [0, 0.05) is 5.69 Å². The van der Waals surface area contributed by atoms with E-state index >= 15 is 0 Å². The minimum atomic E-state index is -0.722. The highest BCUT2D eigenvalue weighted by Gasteiger charge is 2.45. The van der Waals surface area contributed by atoms with Crippen LogP contribution in [0.1, 0.15) is 18.4 Å². The number of halogens is 1. The smallest absolute Gasteiger partial charge is 0.244 e. The van der Waals surface area contributed by atoms with Crippen molar-refractivity contribution in [3.05, 3.63) is 29.6 Å². The lowest BCUT2D eigenvalue weighted by atomic mass is 10.2. The van der Waals surface area contributed by atoms with Crippen molar-refractivity contribution < 1.29 is 9.18 Å². The summed E-state index contributed by atoms with van der Waals surface area (Å²) in [6.07, 6.45) is 1.40. The van der Waals surface area contributed by atoms with E-state index in [1.165, 1.54) is 12.1 Å². The van der Waals surface area contributed by atoms with Gasteiger partial charge in [-0.05, 0) is 43.5 Å². The molecule has 15 heavy (non-hydrogen) atoms. The van der Waals surface area contributed by atoms with Crippen LogP contribution >= 0.6 is 0 Å². The first-order chi connectivity index (χ1) is 6.99. The zero-order valence-electron chi connectivity index (χ0n) is 8.51. The van der Waals surface area contributed by atoms with Crippen LogP contribution in [0.4, 0.5) is 10.1 Å². The highest BCUT2D eigenvalue weighted by Crippen LogP contribution is 2.33. The highest BCUT2D eigenvalue weighted by molar-refractivity contribution is 6.00. The number of aryl methyl sites for hydroxylation is 1. The van der Waals surface area contributed by atoms with E-state index < -0.39 is 5.54 Å². The molecule has 1 aliphatic carbocycles. The van der Waals surface area contributed by atoms with E-state index in [2.05, 4.69) is 5.32 Å². The number of rotatable bonds is 2. The van der Waals surface area contributed by atoms with Gasteiger partial charge in [-0.2, -0.15) is 0 Å². The molecular formula is C11H13FN2O. The molecule has 1 fully saturated rings. The van der Waals surface area contributed by atoms with Crippen molar-refractivity contribution in [1.29, 1.82) is 0 Å². The highest BCUT2D eigenvalue weighted by atomic mass is 19.1. The molecule has 0 aliphatic heterocycles. The number of anilines is 1. The Kier molecular flexibility index (Phi) is 2.23. The van der Waals surface area contributed by atoms with Gasteiger partial charge in [0.15, 0.2) is 0 Å². The maximum atomic E-state index is 13.0. The van der Waals surface area contributed by atoms with Crippen LogP contribution in [-0.2, 0) is 4.79 Å². The number of nitrogens with one attached hydrogen (secondary N) is 1. The molecule has 1 aromatic rings. The zero-order chi connectivity index (χ0) is 11.1. The second kappa shape index (κ2) is 3.31. The molecule has 0 aromatic heterocycles. The van der Waals surface area contributed by atoms with E-state index in [0.29, 0.717) is 18.5 Å². The lowest BCUT2D eigenvalue weighted by molar-refractivity contribution is -0.118. The molecule has 0 atom stereocenters. The van der Waals surface area contributed by atoms with Gasteiger partial charge in [0.1, 0.15) is 5.82 Å². The Bertz CT molecular complexity index is 393. The topological polar surface area (TPSA) is 55.1 Å². The first-order valence-corrected chi connectivity index (χ1v) is 4.87. The predicted octanol–water partition coefficient (Wildman–Crippen LogP) is 1.56. The molecule has 4 heteroatoms. The second-order valence-electron chi connectivity index (χ2n) is 4.13. The molecule has 0 spiro atoms. The Hall–Kier alpha value is -1.42. The number of nitrogens with two attached hydrogens (primary N) is 1. The SMILES string of the molecule is Cc1cc(F)cc(NC(=O)C2(N)CC2)c1. The molecule has 0 bridgehead atoms. The largest absolute Gasteiger partial charge is 0.324 e. The molecular weight excluding hydrogens is 195 g/mol. The Balaban J connectivity index is 2.13. The summed E-state index contributed by atoms with van der Waals surface area (Å²) in [5.41, 5.74) is 6.22. The van der Waals surface area contributed by atoms with Gasteiger partial charge in [0.05, 0.1) is 5.54 Å². The Morgan fingerprint density at radius 3 is 2.67 bits per heavy atom. The molecule has 0 heterocycles. The van der Waals surface area contributed by atoms with Crippen molar-refractivity contribution in [1.82, 2.24) is 0 Å².